The first-order chi connectivity index (χ1) is 18.0. The Hall–Kier alpha value is -4.46. The van der Waals surface area contributed by atoms with Gasteiger partial charge in [0.1, 0.15) is 17.0 Å². The highest BCUT2D eigenvalue weighted by Gasteiger charge is 2.27. The summed E-state index contributed by atoms with van der Waals surface area (Å²) in [5, 5.41) is 3.65. The van der Waals surface area contributed by atoms with Gasteiger partial charge < -0.3 is 20.4 Å². The molecule has 2 aliphatic heterocycles. The van der Waals surface area contributed by atoms with Gasteiger partial charge in [0, 0.05) is 41.0 Å². The average molecular weight is 497 g/mol. The Bertz CT molecular complexity index is 1620. The molecule has 8 heteroatoms. The molecule has 1 aromatic heterocycles. The Labute approximate surface area is 212 Å². The number of carbonyl (C=O) groups excluding carboxylic acids is 2. The predicted molar refractivity (Wildman–Crippen MR) is 140 cm³/mol. The number of rotatable bonds is 4. The van der Waals surface area contributed by atoms with Gasteiger partial charge in [-0.05, 0) is 85.8 Å². The molecule has 3 N–H and O–H groups in total. The third-order valence-electron chi connectivity index (χ3n) is 6.94. The van der Waals surface area contributed by atoms with Crippen LogP contribution in [0.5, 0.6) is 0 Å². The largest absolute Gasteiger partial charge is 0.437 e. The lowest BCUT2D eigenvalue weighted by atomic mass is 9.90. The second-order valence-electron chi connectivity index (χ2n) is 9.43. The van der Waals surface area contributed by atoms with Crippen LogP contribution in [0.1, 0.15) is 44.7 Å². The Morgan fingerprint density at radius 3 is 2.57 bits per heavy atom. The fourth-order valence-electron chi connectivity index (χ4n) is 5.28. The molecule has 0 aliphatic carbocycles. The number of primary amides is 1. The first kappa shape index (κ1) is 23.0. The normalized spacial score (nSPS) is 14.9. The van der Waals surface area contributed by atoms with Crippen LogP contribution in [0.15, 0.2) is 70.1 Å². The van der Waals surface area contributed by atoms with Crippen LogP contribution in [-0.2, 0) is 12.8 Å². The van der Waals surface area contributed by atoms with Crippen LogP contribution in [-0.4, -0.2) is 24.9 Å². The van der Waals surface area contributed by atoms with Crippen LogP contribution in [0.4, 0.5) is 21.5 Å². The van der Waals surface area contributed by atoms with Gasteiger partial charge in [-0.25, -0.2) is 9.38 Å². The molecule has 4 aromatic rings. The van der Waals surface area contributed by atoms with Crippen LogP contribution < -0.4 is 21.5 Å². The predicted octanol–water partition coefficient (Wildman–Crippen LogP) is 4.85. The molecular weight excluding hydrogens is 471 g/mol. The number of hydrogen-bond donors (Lipinski definition) is 2. The van der Waals surface area contributed by atoms with Gasteiger partial charge in [-0.15, -0.1) is 0 Å². The van der Waals surface area contributed by atoms with E-state index in [2.05, 4.69) is 21.3 Å². The van der Waals surface area contributed by atoms with E-state index in [1.165, 1.54) is 35.5 Å². The summed E-state index contributed by atoms with van der Waals surface area (Å²) in [6, 6.07) is 16.0. The van der Waals surface area contributed by atoms with E-state index in [4.69, 9.17) is 10.2 Å². The summed E-state index contributed by atoms with van der Waals surface area (Å²) in [6.07, 6.45) is 3.99. The molecular formula is C29H25FN4O3. The fraction of sp³-hybridized carbons (Fsp3) is 0.207. The number of benzene rings is 3. The highest BCUT2D eigenvalue weighted by atomic mass is 19.1. The number of fused-ring (bicyclic) bond motifs is 2. The Balaban J connectivity index is 1.55. The molecule has 0 saturated carbocycles. The van der Waals surface area contributed by atoms with Gasteiger partial charge in [0.2, 0.25) is 11.5 Å². The van der Waals surface area contributed by atoms with Crippen molar-refractivity contribution in [3.8, 4) is 0 Å². The van der Waals surface area contributed by atoms with Crippen molar-refractivity contribution >= 4 is 39.8 Å². The number of anilines is 2. The number of hydrogen-bond acceptors (Lipinski definition) is 5. The molecule has 0 radical (unpaired) electrons. The summed E-state index contributed by atoms with van der Waals surface area (Å²) >= 11 is 0. The van der Waals surface area contributed by atoms with Crippen molar-refractivity contribution in [2.75, 3.05) is 23.3 Å². The van der Waals surface area contributed by atoms with Crippen LogP contribution in [0.25, 0.3) is 11.0 Å². The zero-order valence-corrected chi connectivity index (χ0v) is 20.1. The number of amides is 2. The fourth-order valence-corrected chi connectivity index (χ4v) is 5.28. The van der Waals surface area contributed by atoms with Gasteiger partial charge in [-0.2, -0.15) is 0 Å². The number of carbonyl (C=O) groups is 2. The number of nitrogens with zero attached hydrogens (tertiary/aromatic N) is 2. The van der Waals surface area contributed by atoms with E-state index in [0.29, 0.717) is 22.5 Å². The maximum atomic E-state index is 13.4. The first-order valence-corrected chi connectivity index (χ1v) is 12.4. The van der Waals surface area contributed by atoms with E-state index in [-0.39, 0.29) is 11.1 Å². The van der Waals surface area contributed by atoms with Crippen molar-refractivity contribution in [3.63, 3.8) is 0 Å². The maximum absolute atomic E-state index is 13.4. The summed E-state index contributed by atoms with van der Waals surface area (Å²) in [5.74, 6) is -1.40. The highest BCUT2D eigenvalue weighted by molar-refractivity contribution is 6.06. The lowest BCUT2D eigenvalue weighted by molar-refractivity contribution is 0.0997. The van der Waals surface area contributed by atoms with Gasteiger partial charge in [-0.3, -0.25) is 9.59 Å². The molecule has 0 fully saturated rings. The van der Waals surface area contributed by atoms with Gasteiger partial charge in [0.25, 0.3) is 5.91 Å². The molecule has 0 unspecified atom stereocenters. The van der Waals surface area contributed by atoms with Gasteiger partial charge >= 0.3 is 0 Å². The molecule has 0 spiro atoms. The smallest absolute Gasteiger partial charge is 0.261 e. The summed E-state index contributed by atoms with van der Waals surface area (Å²) < 4.78 is 19.8. The van der Waals surface area contributed by atoms with Crippen molar-refractivity contribution in [2.24, 2.45) is 10.7 Å². The molecule has 0 atom stereocenters. The van der Waals surface area contributed by atoms with E-state index < -0.39 is 17.6 Å². The second-order valence-corrected chi connectivity index (χ2v) is 9.43. The Morgan fingerprint density at radius 1 is 1.00 bits per heavy atom. The molecule has 2 aliphatic rings. The number of halogens is 1. The van der Waals surface area contributed by atoms with Gasteiger partial charge in [-0.1, -0.05) is 6.07 Å². The quantitative estimate of drug-likeness (QED) is 0.422. The minimum Gasteiger partial charge on any atom is -0.437 e. The monoisotopic (exact) mass is 496 g/mol. The minimum absolute atomic E-state index is 0.123. The highest BCUT2D eigenvalue weighted by Crippen LogP contribution is 2.39. The lowest BCUT2D eigenvalue weighted by Crippen LogP contribution is -2.34. The summed E-state index contributed by atoms with van der Waals surface area (Å²) in [7, 11) is 0. The van der Waals surface area contributed by atoms with Crippen molar-refractivity contribution in [1.29, 1.82) is 0 Å². The van der Waals surface area contributed by atoms with Crippen molar-refractivity contribution in [3.05, 3.63) is 94.3 Å². The van der Waals surface area contributed by atoms with E-state index in [0.717, 1.165) is 49.7 Å². The summed E-state index contributed by atoms with van der Waals surface area (Å²) in [4.78, 5) is 32.2. The van der Waals surface area contributed by atoms with Gasteiger partial charge in [0.05, 0.1) is 5.69 Å². The van der Waals surface area contributed by atoms with Crippen LogP contribution in [0.3, 0.4) is 0 Å². The topological polar surface area (TPSA) is 101 Å². The zero-order chi connectivity index (χ0) is 25.5. The molecule has 186 valence electrons. The average Bonchev–Trinajstić information content (AvgIpc) is 2.90. The lowest BCUT2D eigenvalue weighted by Gasteiger charge is -2.37. The van der Waals surface area contributed by atoms with Crippen LogP contribution in [0.2, 0.25) is 0 Å². The Morgan fingerprint density at radius 2 is 1.78 bits per heavy atom. The van der Waals surface area contributed by atoms with E-state index in [1.54, 1.807) is 30.3 Å². The SMILES string of the molecule is NC(=O)c1cccc(N=c2oc3c4c5c(cc3cc2C(=O)Nc2ccc(F)cc2)CCCN5CCC4)c1. The van der Waals surface area contributed by atoms with Crippen molar-refractivity contribution in [1.82, 2.24) is 0 Å². The molecule has 0 saturated heterocycles. The van der Waals surface area contributed by atoms with Gasteiger partial charge in [0.15, 0.2) is 0 Å². The van der Waals surface area contributed by atoms with E-state index in [1.807, 2.05) is 0 Å². The maximum Gasteiger partial charge on any atom is 0.261 e. The molecule has 3 heterocycles. The molecule has 37 heavy (non-hydrogen) atoms. The zero-order valence-electron chi connectivity index (χ0n) is 20.1. The number of nitrogens with one attached hydrogen (secondary N) is 1. The second kappa shape index (κ2) is 9.20. The minimum atomic E-state index is -0.571. The molecule has 7 nitrogen and oxygen atoms in total. The molecule has 2 amide bonds. The van der Waals surface area contributed by atoms with E-state index in [9.17, 15) is 14.0 Å². The van der Waals surface area contributed by atoms with Crippen molar-refractivity contribution < 1.29 is 18.4 Å². The third-order valence-corrected chi connectivity index (χ3v) is 6.94. The Kier molecular flexibility index (Phi) is 5.71. The molecule has 3 aromatic carbocycles. The van der Waals surface area contributed by atoms with Crippen LogP contribution >= 0.6 is 0 Å². The van der Waals surface area contributed by atoms with E-state index >= 15 is 0 Å². The standard InChI is InChI=1S/C29H25FN4O3/c30-20-8-10-21(11-9-20)32-28(36)24-16-19-14-17-5-2-12-34-13-3-7-23(25(17)34)26(19)37-29(24)33-22-6-1-4-18(15-22)27(31)35/h1,4,6,8-11,14-16H,2-3,5,7,12-13H2,(H2,31,35)(H,32,36). The number of nitrogens with two attached hydrogens (primary N) is 1. The third kappa shape index (κ3) is 4.35. The van der Waals surface area contributed by atoms with Crippen molar-refractivity contribution in [2.45, 2.75) is 25.7 Å². The first-order valence-electron chi connectivity index (χ1n) is 12.4. The summed E-state index contributed by atoms with van der Waals surface area (Å²) in [6.45, 7) is 2.06. The molecule has 6 rings (SSSR count). The summed E-state index contributed by atoms with van der Waals surface area (Å²) in [5.41, 5.74) is 11.4. The molecule has 0 bridgehead atoms. The van der Waals surface area contributed by atoms with Crippen LogP contribution in [0, 0.1) is 5.82 Å². The number of aryl methyl sites for hydroxylation is 2.